The molecule has 47 heavy (non-hydrogen) atoms. The van der Waals surface area contributed by atoms with E-state index in [0.717, 1.165) is 0 Å². The number of anilines is 3. The fraction of sp³-hybridized carbons (Fsp3) is 0.0455. The highest BCUT2D eigenvalue weighted by atomic mass is 32.1. The number of fused-ring (bicyclic) bond motifs is 12. The highest BCUT2D eigenvalue weighted by molar-refractivity contribution is 7.26. The maximum atomic E-state index is 2.53. The lowest BCUT2D eigenvalue weighted by Gasteiger charge is -2.29. The molecule has 0 saturated heterocycles. The second-order valence-corrected chi connectivity index (χ2v) is 18.7. The molecule has 1 nitrogen and oxygen atoms in total. The first-order chi connectivity index (χ1) is 23.1. The van der Waals surface area contributed by atoms with Crippen molar-refractivity contribution in [3.05, 3.63) is 152 Å². The number of hydrogen-bond donors (Lipinski definition) is 0. The summed E-state index contributed by atoms with van der Waals surface area (Å²) in [6, 6.07) is 56.5. The van der Waals surface area contributed by atoms with Gasteiger partial charge in [-0.3, -0.25) is 0 Å². The predicted molar refractivity (Wildman–Crippen MR) is 209 cm³/mol. The van der Waals surface area contributed by atoms with Crippen molar-refractivity contribution >= 4 is 99.3 Å². The van der Waals surface area contributed by atoms with Gasteiger partial charge in [0.05, 0.1) is 5.69 Å². The molecule has 3 heteroatoms. The minimum absolute atomic E-state index is 1.17. The van der Waals surface area contributed by atoms with Crippen molar-refractivity contribution in [2.24, 2.45) is 0 Å². The summed E-state index contributed by atoms with van der Waals surface area (Å²) in [6.45, 7) is 5.06. The van der Waals surface area contributed by atoms with Crippen LogP contribution in [0.2, 0.25) is 13.1 Å². The maximum Gasteiger partial charge on any atom is 0.114 e. The number of hydrogen-bond acceptors (Lipinski definition) is 2. The van der Waals surface area contributed by atoms with Crippen molar-refractivity contribution in [3.8, 4) is 11.1 Å². The Labute approximate surface area is 279 Å². The Morgan fingerprint density at radius 2 is 1.15 bits per heavy atom. The van der Waals surface area contributed by atoms with Crippen LogP contribution in [-0.2, 0) is 0 Å². The number of rotatable bonds is 3. The van der Waals surface area contributed by atoms with Gasteiger partial charge in [0, 0.05) is 36.9 Å². The van der Waals surface area contributed by atoms with Gasteiger partial charge in [0.1, 0.15) is 8.07 Å². The first-order valence-corrected chi connectivity index (χ1v) is 20.2. The predicted octanol–water partition coefficient (Wildman–Crippen LogP) is 11.8. The van der Waals surface area contributed by atoms with E-state index in [-0.39, 0.29) is 0 Å². The molecule has 222 valence electrons. The summed E-state index contributed by atoms with van der Waals surface area (Å²) in [5.41, 5.74) is 6.46. The van der Waals surface area contributed by atoms with Gasteiger partial charge in [0.2, 0.25) is 0 Å². The first-order valence-electron chi connectivity index (χ1n) is 16.4. The molecular formula is C44H31NSSi. The standard InChI is InChI=1S/C44H31NSSi/c1-47(2)41-26-25-37-36-15-8-9-18-40(36)46-44(37)43(41)38-22-20-30(27-42(38)47)45(29-12-4-3-5-13-29)39-17-10-16-32-34-21-19-28-11-6-7-14-31(28)33(34)23-24-35(32)39/h3-27H,1-2H3. The van der Waals surface area contributed by atoms with Gasteiger partial charge in [-0.25, -0.2) is 0 Å². The van der Waals surface area contributed by atoms with Crippen molar-refractivity contribution in [2.75, 3.05) is 4.90 Å². The molecule has 0 aliphatic carbocycles. The lowest BCUT2D eigenvalue weighted by atomic mass is 9.96. The van der Waals surface area contributed by atoms with Gasteiger partial charge in [-0.2, -0.15) is 0 Å². The minimum atomic E-state index is -1.96. The zero-order valence-corrected chi connectivity index (χ0v) is 28.1. The van der Waals surface area contributed by atoms with Crippen LogP contribution in [0.1, 0.15) is 0 Å². The Morgan fingerprint density at radius 1 is 0.468 bits per heavy atom. The van der Waals surface area contributed by atoms with Crippen LogP contribution in [0.15, 0.2) is 152 Å². The summed E-state index contributed by atoms with van der Waals surface area (Å²) in [5.74, 6) is 0. The Hall–Kier alpha value is -5.22. The smallest absolute Gasteiger partial charge is 0.114 e. The summed E-state index contributed by atoms with van der Waals surface area (Å²) in [6.07, 6.45) is 0. The molecule has 1 aliphatic rings. The summed E-state index contributed by atoms with van der Waals surface area (Å²) in [7, 11) is -1.96. The molecule has 0 spiro atoms. The van der Waals surface area contributed by atoms with Crippen molar-refractivity contribution < 1.29 is 0 Å². The molecular weight excluding hydrogens is 603 g/mol. The number of nitrogens with zero attached hydrogens (tertiary/aromatic N) is 1. The maximum absolute atomic E-state index is 2.53. The molecule has 2 heterocycles. The van der Waals surface area contributed by atoms with E-state index in [0.29, 0.717) is 0 Å². The summed E-state index contributed by atoms with van der Waals surface area (Å²) < 4.78 is 2.80. The molecule has 0 bridgehead atoms. The molecule has 10 rings (SSSR count). The average Bonchev–Trinajstić information content (AvgIpc) is 3.61. The van der Waals surface area contributed by atoms with Crippen LogP contribution in [-0.4, -0.2) is 8.07 Å². The Morgan fingerprint density at radius 3 is 2.04 bits per heavy atom. The second-order valence-electron chi connectivity index (χ2n) is 13.3. The molecule has 9 aromatic rings. The first kappa shape index (κ1) is 26.9. The summed E-state index contributed by atoms with van der Waals surface area (Å²) in [5, 5.41) is 13.5. The minimum Gasteiger partial charge on any atom is -0.310 e. The van der Waals surface area contributed by atoms with Gasteiger partial charge in [-0.1, -0.05) is 128 Å². The van der Waals surface area contributed by atoms with E-state index in [1.165, 1.54) is 85.9 Å². The van der Waals surface area contributed by atoms with Gasteiger partial charge in [-0.05, 0) is 84.8 Å². The summed E-state index contributed by atoms with van der Waals surface area (Å²) >= 11 is 1.95. The van der Waals surface area contributed by atoms with Crippen molar-refractivity contribution in [1.29, 1.82) is 0 Å². The molecule has 0 unspecified atom stereocenters. The largest absolute Gasteiger partial charge is 0.310 e. The monoisotopic (exact) mass is 633 g/mol. The third-order valence-electron chi connectivity index (χ3n) is 10.4. The van der Waals surface area contributed by atoms with E-state index >= 15 is 0 Å². The van der Waals surface area contributed by atoms with Crippen LogP contribution in [0.4, 0.5) is 17.1 Å². The molecule has 0 N–H and O–H groups in total. The van der Waals surface area contributed by atoms with Crippen LogP contribution in [0.5, 0.6) is 0 Å². The third-order valence-corrected chi connectivity index (χ3v) is 15.2. The summed E-state index contributed by atoms with van der Waals surface area (Å²) in [4.78, 5) is 2.47. The molecule has 1 aliphatic heterocycles. The van der Waals surface area contributed by atoms with E-state index in [4.69, 9.17) is 0 Å². The van der Waals surface area contributed by atoms with Gasteiger partial charge in [0.25, 0.3) is 0 Å². The Bertz CT molecular complexity index is 2720. The molecule has 0 amide bonds. The zero-order valence-electron chi connectivity index (χ0n) is 26.3. The van der Waals surface area contributed by atoms with Crippen molar-refractivity contribution in [1.82, 2.24) is 0 Å². The highest BCUT2D eigenvalue weighted by Crippen LogP contribution is 2.45. The van der Waals surface area contributed by atoms with E-state index in [9.17, 15) is 0 Å². The van der Waals surface area contributed by atoms with Crippen LogP contribution < -0.4 is 15.3 Å². The van der Waals surface area contributed by atoms with E-state index in [2.05, 4.69) is 170 Å². The highest BCUT2D eigenvalue weighted by Gasteiger charge is 2.39. The lowest BCUT2D eigenvalue weighted by Crippen LogP contribution is -2.49. The van der Waals surface area contributed by atoms with Crippen LogP contribution in [0, 0.1) is 0 Å². The lowest BCUT2D eigenvalue weighted by molar-refractivity contribution is 1.30. The number of thiophene rings is 1. The normalized spacial score (nSPS) is 13.5. The second kappa shape index (κ2) is 9.89. The zero-order chi connectivity index (χ0) is 31.3. The van der Waals surface area contributed by atoms with Crippen LogP contribution >= 0.6 is 11.3 Å². The van der Waals surface area contributed by atoms with E-state index < -0.39 is 8.07 Å². The molecule has 0 atom stereocenters. The van der Waals surface area contributed by atoms with Crippen molar-refractivity contribution in [3.63, 3.8) is 0 Å². The molecule has 0 saturated carbocycles. The number of benzene rings is 8. The van der Waals surface area contributed by atoms with E-state index in [1.807, 2.05) is 11.3 Å². The SMILES string of the molecule is C[Si]1(C)c2cc(N(c3ccccc3)c3cccc4c3ccc3c5ccccc5ccc43)ccc2-c2c1ccc1c2sc2ccccc21. The third kappa shape index (κ3) is 3.81. The molecule has 1 aromatic heterocycles. The van der Waals surface area contributed by atoms with Crippen LogP contribution in [0.25, 0.3) is 63.6 Å². The van der Waals surface area contributed by atoms with Crippen LogP contribution in [0.3, 0.4) is 0 Å². The van der Waals surface area contributed by atoms with Gasteiger partial charge in [0.15, 0.2) is 0 Å². The van der Waals surface area contributed by atoms with E-state index in [1.54, 1.807) is 5.19 Å². The molecule has 0 fully saturated rings. The fourth-order valence-electron chi connectivity index (χ4n) is 8.17. The van der Waals surface area contributed by atoms with Gasteiger partial charge < -0.3 is 4.90 Å². The average molecular weight is 634 g/mol. The molecule has 8 aromatic carbocycles. The van der Waals surface area contributed by atoms with Gasteiger partial charge >= 0.3 is 0 Å². The quantitative estimate of drug-likeness (QED) is 0.138. The fourth-order valence-corrected chi connectivity index (χ4v) is 12.6. The topological polar surface area (TPSA) is 3.24 Å². The van der Waals surface area contributed by atoms with Crippen molar-refractivity contribution in [2.45, 2.75) is 13.1 Å². The van der Waals surface area contributed by atoms with Gasteiger partial charge in [-0.15, -0.1) is 11.3 Å². The molecule has 0 radical (unpaired) electrons. The number of para-hydroxylation sites is 1. The Kier molecular flexibility index (Phi) is 5.67. The Balaban J connectivity index is 1.20.